The fraction of sp³-hybridized carbons (Fsp3) is 0.158. The van der Waals surface area contributed by atoms with E-state index in [2.05, 4.69) is 20.7 Å². The molecule has 2 N–H and O–H groups in total. The lowest BCUT2D eigenvalue weighted by Gasteiger charge is -2.08. The Morgan fingerprint density at radius 1 is 1.30 bits per heavy atom. The summed E-state index contributed by atoms with van der Waals surface area (Å²) in [4.78, 5) is 29.3. The van der Waals surface area contributed by atoms with Crippen LogP contribution in [0, 0.1) is 12.7 Å². The minimum Gasteiger partial charge on any atom is -0.325 e. The molecule has 1 aliphatic rings. The Hall–Kier alpha value is -3.55. The second kappa shape index (κ2) is 6.31. The summed E-state index contributed by atoms with van der Waals surface area (Å²) in [6, 6.07) is 9.37. The van der Waals surface area contributed by atoms with Gasteiger partial charge in [-0.15, -0.1) is 0 Å². The molecule has 0 fully saturated rings. The number of rotatable bonds is 2. The molecule has 7 nitrogen and oxygen atoms in total. The van der Waals surface area contributed by atoms with Gasteiger partial charge in [-0.1, -0.05) is 6.07 Å². The van der Waals surface area contributed by atoms with Gasteiger partial charge in [0.2, 0.25) is 5.91 Å². The van der Waals surface area contributed by atoms with E-state index >= 15 is 0 Å². The highest BCUT2D eigenvalue weighted by atomic mass is 19.1. The van der Waals surface area contributed by atoms with E-state index < -0.39 is 11.7 Å². The Morgan fingerprint density at radius 3 is 2.89 bits per heavy atom. The van der Waals surface area contributed by atoms with Crippen molar-refractivity contribution in [3.05, 3.63) is 59.2 Å². The Bertz CT molecular complexity index is 1090. The summed E-state index contributed by atoms with van der Waals surface area (Å²) in [5.41, 5.74) is 2.82. The van der Waals surface area contributed by atoms with Crippen LogP contribution in [0.3, 0.4) is 0 Å². The van der Waals surface area contributed by atoms with E-state index in [0.29, 0.717) is 28.3 Å². The molecular formula is C19H16FN5O2. The van der Waals surface area contributed by atoms with Gasteiger partial charge < -0.3 is 10.6 Å². The second-order valence-corrected chi connectivity index (χ2v) is 6.33. The smallest absolute Gasteiger partial charge is 0.277 e. The van der Waals surface area contributed by atoms with Crippen molar-refractivity contribution in [1.82, 2.24) is 14.8 Å². The lowest BCUT2D eigenvalue weighted by atomic mass is 10.0. The molecule has 2 aromatic heterocycles. The average molecular weight is 365 g/mol. The molecule has 2 amide bonds. The maximum atomic E-state index is 13.8. The molecule has 136 valence electrons. The van der Waals surface area contributed by atoms with Crippen LogP contribution in [0.1, 0.15) is 21.7 Å². The zero-order valence-corrected chi connectivity index (χ0v) is 14.7. The number of anilines is 2. The molecule has 1 aliphatic heterocycles. The van der Waals surface area contributed by atoms with Crippen LogP contribution in [0.2, 0.25) is 0 Å². The van der Waals surface area contributed by atoms with Crippen LogP contribution in [0.25, 0.3) is 11.3 Å². The highest BCUT2D eigenvalue weighted by Gasteiger charge is 2.29. The van der Waals surface area contributed by atoms with Gasteiger partial charge in [0.25, 0.3) is 5.91 Å². The standard InChI is InChI=1S/C19H16FN5O2/c1-10-4-3-5-15(21-10)23-19(27)17-13-9-16(26)22-14-7-6-11(20)8-12(14)18(13)25(2)24-17/h3-8H,9H2,1-2H3,(H,22,26)(H,21,23,27). The van der Waals surface area contributed by atoms with Crippen molar-refractivity contribution in [3.63, 3.8) is 0 Å². The first-order chi connectivity index (χ1) is 12.9. The maximum Gasteiger partial charge on any atom is 0.277 e. The third kappa shape index (κ3) is 3.05. The van der Waals surface area contributed by atoms with Crippen LogP contribution in [-0.4, -0.2) is 26.6 Å². The van der Waals surface area contributed by atoms with Crippen molar-refractivity contribution >= 4 is 23.3 Å². The number of carbonyl (C=O) groups is 2. The van der Waals surface area contributed by atoms with E-state index in [-0.39, 0.29) is 18.0 Å². The number of aryl methyl sites for hydroxylation is 2. The zero-order chi connectivity index (χ0) is 19.1. The number of halogens is 1. The molecule has 27 heavy (non-hydrogen) atoms. The number of nitrogens with one attached hydrogen (secondary N) is 2. The molecule has 0 saturated heterocycles. The zero-order valence-electron chi connectivity index (χ0n) is 14.7. The van der Waals surface area contributed by atoms with E-state index in [4.69, 9.17) is 0 Å². The van der Waals surface area contributed by atoms with Crippen molar-refractivity contribution < 1.29 is 14.0 Å². The lowest BCUT2D eigenvalue weighted by molar-refractivity contribution is -0.115. The number of fused-ring (bicyclic) bond motifs is 3. The molecule has 8 heteroatoms. The first-order valence-electron chi connectivity index (χ1n) is 8.33. The molecule has 0 spiro atoms. The fourth-order valence-corrected chi connectivity index (χ4v) is 3.22. The molecule has 3 heterocycles. The topological polar surface area (TPSA) is 88.9 Å². The van der Waals surface area contributed by atoms with Crippen LogP contribution in [-0.2, 0) is 18.3 Å². The predicted molar refractivity (Wildman–Crippen MR) is 97.9 cm³/mol. The van der Waals surface area contributed by atoms with E-state index in [1.165, 1.54) is 22.9 Å². The van der Waals surface area contributed by atoms with Gasteiger partial charge in [-0.3, -0.25) is 14.3 Å². The second-order valence-electron chi connectivity index (χ2n) is 6.33. The van der Waals surface area contributed by atoms with Gasteiger partial charge in [-0.05, 0) is 37.3 Å². The van der Waals surface area contributed by atoms with Gasteiger partial charge in [0.05, 0.1) is 17.8 Å². The van der Waals surface area contributed by atoms with E-state index in [9.17, 15) is 14.0 Å². The van der Waals surface area contributed by atoms with Crippen molar-refractivity contribution in [2.24, 2.45) is 7.05 Å². The number of hydrogen-bond acceptors (Lipinski definition) is 4. The summed E-state index contributed by atoms with van der Waals surface area (Å²) in [5, 5.41) is 9.73. The Labute approximate surface area is 154 Å². The molecular weight excluding hydrogens is 349 g/mol. The Balaban J connectivity index is 1.81. The molecule has 0 atom stereocenters. The van der Waals surface area contributed by atoms with Crippen LogP contribution in [0.4, 0.5) is 15.9 Å². The normalized spacial score (nSPS) is 12.6. The molecule has 0 bridgehead atoms. The largest absolute Gasteiger partial charge is 0.325 e. The molecule has 0 aliphatic carbocycles. The van der Waals surface area contributed by atoms with Crippen LogP contribution in [0.5, 0.6) is 0 Å². The minimum atomic E-state index is -0.474. The third-order valence-corrected chi connectivity index (χ3v) is 4.34. The SMILES string of the molecule is Cc1cccc(NC(=O)c2nn(C)c3c2CC(=O)Nc2ccc(F)cc2-3)n1. The van der Waals surface area contributed by atoms with Crippen molar-refractivity contribution in [1.29, 1.82) is 0 Å². The summed E-state index contributed by atoms with van der Waals surface area (Å²) in [5.74, 6) is -0.814. The van der Waals surface area contributed by atoms with Gasteiger partial charge >= 0.3 is 0 Å². The van der Waals surface area contributed by atoms with E-state index in [1.807, 2.05) is 13.0 Å². The summed E-state index contributed by atoms with van der Waals surface area (Å²) in [6.45, 7) is 1.82. The number of carbonyl (C=O) groups excluding carboxylic acids is 2. The predicted octanol–water partition coefficient (Wildman–Crippen LogP) is 2.68. The fourth-order valence-electron chi connectivity index (χ4n) is 3.22. The van der Waals surface area contributed by atoms with Gasteiger partial charge in [-0.2, -0.15) is 5.10 Å². The highest BCUT2D eigenvalue weighted by molar-refractivity contribution is 6.08. The molecule has 4 rings (SSSR count). The summed E-state index contributed by atoms with van der Waals surface area (Å²) < 4.78 is 15.3. The quantitative estimate of drug-likeness (QED) is 0.731. The number of amides is 2. The third-order valence-electron chi connectivity index (χ3n) is 4.34. The number of nitrogens with zero attached hydrogens (tertiary/aromatic N) is 3. The van der Waals surface area contributed by atoms with Crippen molar-refractivity contribution in [2.45, 2.75) is 13.3 Å². The van der Waals surface area contributed by atoms with E-state index in [1.54, 1.807) is 19.2 Å². The molecule has 3 aromatic rings. The Morgan fingerprint density at radius 2 is 2.11 bits per heavy atom. The molecule has 0 saturated carbocycles. The number of aromatic nitrogens is 3. The first kappa shape index (κ1) is 16.9. The maximum absolute atomic E-state index is 13.8. The summed E-state index contributed by atoms with van der Waals surface area (Å²) in [6.07, 6.45) is -0.0382. The van der Waals surface area contributed by atoms with Gasteiger partial charge in [0.15, 0.2) is 5.69 Å². The minimum absolute atomic E-state index is 0.0382. The van der Waals surface area contributed by atoms with Crippen LogP contribution in [0.15, 0.2) is 36.4 Å². The van der Waals surface area contributed by atoms with Gasteiger partial charge in [0, 0.05) is 23.9 Å². The van der Waals surface area contributed by atoms with Crippen molar-refractivity contribution in [3.8, 4) is 11.3 Å². The van der Waals surface area contributed by atoms with Crippen LogP contribution >= 0.6 is 0 Å². The molecule has 1 aromatic carbocycles. The molecule has 0 unspecified atom stereocenters. The Kier molecular flexibility index (Phi) is 3.95. The molecule has 0 radical (unpaired) electrons. The van der Waals surface area contributed by atoms with Crippen LogP contribution < -0.4 is 10.6 Å². The highest BCUT2D eigenvalue weighted by Crippen LogP contribution is 2.35. The van der Waals surface area contributed by atoms with Gasteiger partial charge in [0.1, 0.15) is 11.6 Å². The first-order valence-corrected chi connectivity index (χ1v) is 8.33. The van der Waals surface area contributed by atoms with Crippen molar-refractivity contribution in [2.75, 3.05) is 10.6 Å². The lowest BCUT2D eigenvalue weighted by Crippen LogP contribution is -2.18. The number of benzene rings is 1. The monoisotopic (exact) mass is 365 g/mol. The van der Waals surface area contributed by atoms with E-state index in [0.717, 1.165) is 5.69 Å². The van der Waals surface area contributed by atoms with Gasteiger partial charge in [-0.25, -0.2) is 9.37 Å². The summed E-state index contributed by atoms with van der Waals surface area (Å²) in [7, 11) is 1.66. The number of hydrogen-bond donors (Lipinski definition) is 2. The average Bonchev–Trinajstić information content (AvgIpc) is 2.84. The summed E-state index contributed by atoms with van der Waals surface area (Å²) >= 11 is 0. The number of pyridine rings is 1.